The van der Waals surface area contributed by atoms with Crippen LogP contribution in [-0.4, -0.2) is 80.2 Å². The van der Waals surface area contributed by atoms with Crippen molar-refractivity contribution >= 4 is 0 Å². The molecule has 146 valence electrons. The van der Waals surface area contributed by atoms with Crippen molar-refractivity contribution in [2.45, 2.75) is 38.5 Å². The number of rotatable bonds is 10. The second-order valence-electron chi connectivity index (χ2n) is 7.12. The van der Waals surface area contributed by atoms with E-state index >= 15 is 0 Å². The Labute approximate surface area is 156 Å². The van der Waals surface area contributed by atoms with E-state index in [1.165, 1.54) is 12.8 Å². The Morgan fingerprint density at radius 3 is 2.73 bits per heavy atom. The molecule has 3 rings (SSSR count). The largest absolute Gasteiger partial charge is 0.493 e. The molecular formula is C20H32N2O4. The molecule has 26 heavy (non-hydrogen) atoms. The lowest BCUT2D eigenvalue weighted by atomic mass is 10.1. The van der Waals surface area contributed by atoms with Crippen molar-refractivity contribution in [3.05, 3.63) is 23.8 Å². The van der Waals surface area contributed by atoms with Crippen molar-refractivity contribution in [3.63, 3.8) is 0 Å². The highest BCUT2D eigenvalue weighted by Crippen LogP contribution is 2.35. The second-order valence-corrected chi connectivity index (χ2v) is 7.12. The molecule has 1 aromatic carbocycles. The van der Waals surface area contributed by atoms with Gasteiger partial charge < -0.3 is 19.3 Å². The number of aliphatic hydroxyl groups is 1. The molecule has 0 spiro atoms. The van der Waals surface area contributed by atoms with Gasteiger partial charge in [0.05, 0.1) is 20.3 Å². The monoisotopic (exact) mass is 364 g/mol. The Morgan fingerprint density at radius 1 is 1.31 bits per heavy atom. The molecule has 6 heteroatoms. The summed E-state index contributed by atoms with van der Waals surface area (Å²) in [5.74, 6) is 1.49. The summed E-state index contributed by atoms with van der Waals surface area (Å²) in [4.78, 5) is 4.69. The number of β-amino-alcohol motifs (C(OH)–C–C–N with tert-alkyl or cyclic N) is 1. The van der Waals surface area contributed by atoms with Gasteiger partial charge in [-0.15, -0.1) is 0 Å². The summed E-state index contributed by atoms with van der Waals surface area (Å²) < 4.78 is 16.9. The summed E-state index contributed by atoms with van der Waals surface area (Å²) in [7, 11) is 1.66. The van der Waals surface area contributed by atoms with Gasteiger partial charge in [0.15, 0.2) is 11.5 Å². The fraction of sp³-hybridized carbons (Fsp3) is 0.700. The molecule has 6 nitrogen and oxygen atoms in total. The summed E-state index contributed by atoms with van der Waals surface area (Å²) >= 11 is 0. The molecule has 2 aliphatic rings. The Morgan fingerprint density at radius 2 is 2.08 bits per heavy atom. The Balaban J connectivity index is 1.61. The van der Waals surface area contributed by atoms with Crippen molar-refractivity contribution in [1.29, 1.82) is 0 Å². The number of nitrogens with zero attached hydrogens (tertiary/aromatic N) is 2. The molecule has 1 aromatic rings. The van der Waals surface area contributed by atoms with Crippen molar-refractivity contribution in [2.75, 3.05) is 53.1 Å². The molecule has 1 atom stereocenters. The highest BCUT2D eigenvalue weighted by Gasteiger charge is 2.28. The van der Waals surface area contributed by atoms with Crippen molar-refractivity contribution in [1.82, 2.24) is 9.80 Å². The van der Waals surface area contributed by atoms with Crippen LogP contribution in [0.5, 0.6) is 11.5 Å². The molecule has 1 saturated heterocycles. The predicted octanol–water partition coefficient (Wildman–Crippen LogP) is 1.75. The van der Waals surface area contributed by atoms with E-state index in [2.05, 4.69) is 22.8 Å². The lowest BCUT2D eigenvalue weighted by Gasteiger charge is -2.29. The predicted molar refractivity (Wildman–Crippen MR) is 101 cm³/mol. The van der Waals surface area contributed by atoms with Crippen LogP contribution < -0.4 is 9.47 Å². The van der Waals surface area contributed by atoms with Gasteiger partial charge in [0.1, 0.15) is 12.7 Å². The quantitative estimate of drug-likeness (QED) is 0.683. The van der Waals surface area contributed by atoms with Crippen LogP contribution in [0.3, 0.4) is 0 Å². The topological polar surface area (TPSA) is 54.4 Å². The first-order valence-electron chi connectivity index (χ1n) is 9.72. The molecular weight excluding hydrogens is 332 g/mol. The van der Waals surface area contributed by atoms with Crippen molar-refractivity contribution in [2.24, 2.45) is 0 Å². The average molecular weight is 364 g/mol. The highest BCUT2D eigenvalue weighted by molar-refractivity contribution is 5.46. The molecule has 2 fully saturated rings. The second kappa shape index (κ2) is 9.55. The summed E-state index contributed by atoms with van der Waals surface area (Å²) in [6.07, 6.45) is 2.04. The van der Waals surface area contributed by atoms with Crippen LogP contribution in [-0.2, 0) is 11.3 Å². The molecule has 0 unspecified atom stereocenters. The molecule has 1 heterocycles. The van der Waals surface area contributed by atoms with Gasteiger partial charge in [-0.3, -0.25) is 9.80 Å². The number of hydrogen-bond donors (Lipinski definition) is 1. The highest BCUT2D eigenvalue weighted by atomic mass is 16.5. The third kappa shape index (κ3) is 5.33. The fourth-order valence-electron chi connectivity index (χ4n) is 3.48. The van der Waals surface area contributed by atoms with E-state index in [4.69, 9.17) is 14.2 Å². The Hall–Kier alpha value is -1.34. The van der Waals surface area contributed by atoms with Gasteiger partial charge >= 0.3 is 0 Å². The maximum atomic E-state index is 10.4. The fourth-order valence-corrected chi connectivity index (χ4v) is 3.48. The number of benzene rings is 1. The minimum Gasteiger partial charge on any atom is -0.493 e. The average Bonchev–Trinajstić information content (AvgIpc) is 3.50. The van der Waals surface area contributed by atoms with E-state index in [1.54, 1.807) is 7.11 Å². The van der Waals surface area contributed by atoms with Crippen LogP contribution in [0.25, 0.3) is 0 Å². The van der Waals surface area contributed by atoms with Crippen LogP contribution in [0.2, 0.25) is 0 Å². The van der Waals surface area contributed by atoms with E-state index in [9.17, 15) is 5.11 Å². The zero-order chi connectivity index (χ0) is 18.4. The van der Waals surface area contributed by atoms with Gasteiger partial charge in [-0.2, -0.15) is 0 Å². The van der Waals surface area contributed by atoms with Crippen LogP contribution in [0, 0.1) is 0 Å². The molecule has 0 radical (unpaired) electrons. The van der Waals surface area contributed by atoms with Gasteiger partial charge in [-0.25, -0.2) is 0 Å². The molecule has 0 aromatic heterocycles. The van der Waals surface area contributed by atoms with Crippen LogP contribution in [0.1, 0.15) is 25.3 Å². The third-order valence-corrected chi connectivity index (χ3v) is 5.12. The molecule has 1 aliphatic heterocycles. The summed E-state index contributed by atoms with van der Waals surface area (Å²) in [6.45, 7) is 8.15. The van der Waals surface area contributed by atoms with Gasteiger partial charge in [0, 0.05) is 37.8 Å². The number of hydrogen-bond acceptors (Lipinski definition) is 6. The number of morpholine rings is 1. The molecule has 1 aliphatic carbocycles. The maximum absolute atomic E-state index is 10.4. The first-order valence-corrected chi connectivity index (χ1v) is 9.72. The standard InChI is InChI=1S/C20H32N2O4/c1-3-22(17-7-8-17)13-16-5-4-6-19(24-2)20(16)26-15-18(23)14-21-9-11-25-12-10-21/h4-6,17-18,23H,3,7-15H2,1-2H3/t18-/m0/s1. The van der Waals surface area contributed by atoms with Gasteiger partial charge in [-0.1, -0.05) is 19.1 Å². The van der Waals surface area contributed by atoms with Gasteiger partial charge in [-0.05, 0) is 25.5 Å². The van der Waals surface area contributed by atoms with Gasteiger partial charge in [0.25, 0.3) is 0 Å². The lowest BCUT2D eigenvalue weighted by Crippen LogP contribution is -2.42. The smallest absolute Gasteiger partial charge is 0.165 e. The van der Waals surface area contributed by atoms with E-state index in [-0.39, 0.29) is 6.61 Å². The zero-order valence-corrected chi connectivity index (χ0v) is 16.0. The molecule has 0 bridgehead atoms. The molecule has 1 saturated carbocycles. The SMILES string of the molecule is CCN(Cc1cccc(OC)c1OC[C@@H](O)CN1CCOCC1)C1CC1. The number of methoxy groups -OCH3 is 1. The van der Waals surface area contributed by atoms with Crippen LogP contribution in [0.15, 0.2) is 18.2 Å². The first-order chi connectivity index (χ1) is 12.7. The van der Waals surface area contributed by atoms with Crippen molar-refractivity contribution < 1.29 is 19.3 Å². The van der Waals surface area contributed by atoms with Crippen molar-refractivity contribution in [3.8, 4) is 11.5 Å². The summed E-state index contributed by atoms with van der Waals surface area (Å²) in [6, 6.07) is 6.72. The minimum absolute atomic E-state index is 0.264. The van der Waals surface area contributed by atoms with E-state index in [1.807, 2.05) is 12.1 Å². The first kappa shape index (κ1) is 19.4. The number of aliphatic hydroxyl groups excluding tert-OH is 1. The normalized spacial score (nSPS) is 19.5. The maximum Gasteiger partial charge on any atom is 0.165 e. The minimum atomic E-state index is -0.531. The van der Waals surface area contributed by atoms with Gasteiger partial charge in [0.2, 0.25) is 0 Å². The van der Waals surface area contributed by atoms with Crippen LogP contribution in [0.4, 0.5) is 0 Å². The van der Waals surface area contributed by atoms with E-state index < -0.39 is 6.10 Å². The van der Waals surface area contributed by atoms with E-state index in [0.29, 0.717) is 12.6 Å². The number of ether oxygens (including phenoxy) is 3. The van der Waals surface area contributed by atoms with E-state index in [0.717, 1.165) is 56.5 Å². The lowest BCUT2D eigenvalue weighted by molar-refractivity contribution is 0.00430. The summed E-state index contributed by atoms with van der Waals surface area (Å²) in [5, 5.41) is 10.4. The van der Waals surface area contributed by atoms with Crippen LogP contribution >= 0.6 is 0 Å². The molecule has 1 N–H and O–H groups in total. The summed E-state index contributed by atoms with van der Waals surface area (Å²) in [5.41, 5.74) is 1.12. The number of para-hydroxylation sites is 1. The third-order valence-electron chi connectivity index (χ3n) is 5.12. The Kier molecular flexibility index (Phi) is 7.14. The Bertz CT molecular complexity index is 559. The zero-order valence-electron chi connectivity index (χ0n) is 16.0. The molecule has 0 amide bonds.